The van der Waals surface area contributed by atoms with Crippen molar-refractivity contribution in [3.8, 4) is 11.5 Å². The number of nitrogens with zero attached hydrogens (tertiary/aromatic N) is 1. The molecule has 0 aliphatic rings. The summed E-state index contributed by atoms with van der Waals surface area (Å²) < 4.78 is 18.4. The maximum Gasteiger partial charge on any atom is 0.335 e. The highest BCUT2D eigenvalue weighted by Crippen LogP contribution is 2.33. The number of carboxylic acids is 1. The monoisotopic (exact) mass is 291 g/mol. The van der Waals surface area contributed by atoms with E-state index in [1.165, 1.54) is 18.2 Å². The van der Waals surface area contributed by atoms with E-state index in [1.54, 1.807) is 6.92 Å². The van der Waals surface area contributed by atoms with Gasteiger partial charge in [0.15, 0.2) is 0 Å². The average molecular weight is 291 g/mol. The van der Waals surface area contributed by atoms with E-state index in [4.69, 9.17) is 9.84 Å². The molecule has 0 aromatic heterocycles. The highest BCUT2D eigenvalue weighted by Gasteiger charge is 2.18. The highest BCUT2D eigenvalue weighted by atomic mass is 19.1. The summed E-state index contributed by atoms with van der Waals surface area (Å²) in [5.41, 5.74) is 0.0682. The SMILES string of the molecule is Cc1cc(C(=O)O)ccc1Oc1ccc(F)cc1[N+](=O)[O-]. The summed E-state index contributed by atoms with van der Waals surface area (Å²) in [7, 11) is 0. The maximum atomic E-state index is 13.0. The number of nitro groups is 1. The Morgan fingerprint density at radius 2 is 1.90 bits per heavy atom. The number of halogens is 1. The Balaban J connectivity index is 2.39. The van der Waals surface area contributed by atoms with Crippen molar-refractivity contribution in [3.05, 3.63) is 63.5 Å². The van der Waals surface area contributed by atoms with E-state index in [0.717, 1.165) is 18.2 Å². The fourth-order valence-corrected chi connectivity index (χ4v) is 1.73. The predicted molar refractivity (Wildman–Crippen MR) is 71.3 cm³/mol. The van der Waals surface area contributed by atoms with Gasteiger partial charge in [0, 0.05) is 0 Å². The third-order valence-electron chi connectivity index (χ3n) is 2.76. The molecular formula is C14H10FNO5. The molecule has 0 bridgehead atoms. The van der Waals surface area contributed by atoms with E-state index >= 15 is 0 Å². The van der Waals surface area contributed by atoms with Gasteiger partial charge in [-0.05, 0) is 42.8 Å². The van der Waals surface area contributed by atoms with Gasteiger partial charge in [0.2, 0.25) is 5.75 Å². The molecule has 1 N–H and O–H groups in total. The van der Waals surface area contributed by atoms with E-state index in [2.05, 4.69) is 0 Å². The van der Waals surface area contributed by atoms with Crippen LogP contribution in [-0.2, 0) is 0 Å². The standard InChI is InChI=1S/C14H10FNO5/c1-8-6-9(14(17)18)2-4-12(8)21-13-5-3-10(15)7-11(13)16(19)20/h2-7H,1H3,(H,17,18). The van der Waals surface area contributed by atoms with Gasteiger partial charge in [-0.2, -0.15) is 0 Å². The summed E-state index contributed by atoms with van der Waals surface area (Å²) in [5.74, 6) is -1.69. The van der Waals surface area contributed by atoms with E-state index in [0.29, 0.717) is 5.56 Å². The van der Waals surface area contributed by atoms with Crippen LogP contribution in [0.4, 0.5) is 10.1 Å². The molecule has 6 nitrogen and oxygen atoms in total. The number of aromatic carboxylic acids is 1. The number of carbonyl (C=O) groups is 1. The van der Waals surface area contributed by atoms with Gasteiger partial charge < -0.3 is 9.84 Å². The topological polar surface area (TPSA) is 89.7 Å². The summed E-state index contributed by atoms with van der Waals surface area (Å²) in [6, 6.07) is 7.05. The molecule has 0 aliphatic heterocycles. The van der Waals surface area contributed by atoms with Crippen LogP contribution < -0.4 is 4.74 Å². The minimum absolute atomic E-state index is 0.0773. The number of hydrogen-bond donors (Lipinski definition) is 1. The first-order valence-corrected chi connectivity index (χ1v) is 5.84. The largest absolute Gasteiger partial charge is 0.478 e. The average Bonchev–Trinajstić information content (AvgIpc) is 2.42. The van der Waals surface area contributed by atoms with Gasteiger partial charge in [0.1, 0.15) is 11.6 Å². The molecule has 0 radical (unpaired) electrons. The number of aryl methyl sites for hydroxylation is 1. The number of carboxylic acid groups (broad SMARTS) is 1. The second kappa shape index (κ2) is 5.58. The Labute approximate surface area is 118 Å². The van der Waals surface area contributed by atoms with Crippen LogP contribution in [0.25, 0.3) is 0 Å². The van der Waals surface area contributed by atoms with Crippen LogP contribution >= 0.6 is 0 Å². The second-order valence-corrected chi connectivity index (χ2v) is 4.26. The summed E-state index contributed by atoms with van der Waals surface area (Å²) in [6.07, 6.45) is 0. The van der Waals surface area contributed by atoms with Gasteiger partial charge in [-0.3, -0.25) is 10.1 Å². The molecule has 0 amide bonds. The second-order valence-electron chi connectivity index (χ2n) is 4.26. The lowest BCUT2D eigenvalue weighted by atomic mass is 10.1. The molecule has 0 fully saturated rings. The zero-order valence-corrected chi connectivity index (χ0v) is 10.9. The van der Waals surface area contributed by atoms with Crippen LogP contribution in [0.1, 0.15) is 15.9 Å². The first-order valence-electron chi connectivity index (χ1n) is 5.84. The van der Waals surface area contributed by atoms with Gasteiger partial charge >= 0.3 is 11.7 Å². The molecule has 0 saturated heterocycles. The fourth-order valence-electron chi connectivity index (χ4n) is 1.73. The Morgan fingerprint density at radius 1 is 1.24 bits per heavy atom. The molecule has 0 spiro atoms. The molecular weight excluding hydrogens is 281 g/mol. The minimum Gasteiger partial charge on any atom is -0.478 e. The number of benzene rings is 2. The molecule has 2 rings (SSSR count). The van der Waals surface area contributed by atoms with Gasteiger partial charge in [-0.1, -0.05) is 0 Å². The van der Waals surface area contributed by atoms with Gasteiger partial charge in [0.25, 0.3) is 0 Å². The lowest BCUT2D eigenvalue weighted by Gasteiger charge is -2.09. The van der Waals surface area contributed by atoms with E-state index < -0.39 is 22.4 Å². The van der Waals surface area contributed by atoms with Crippen molar-refractivity contribution in [1.29, 1.82) is 0 Å². The fraction of sp³-hybridized carbons (Fsp3) is 0.0714. The van der Waals surface area contributed by atoms with E-state index in [1.807, 2.05) is 0 Å². The zero-order chi connectivity index (χ0) is 15.6. The lowest BCUT2D eigenvalue weighted by Crippen LogP contribution is -1.99. The lowest BCUT2D eigenvalue weighted by molar-refractivity contribution is -0.385. The van der Waals surface area contributed by atoms with Crippen molar-refractivity contribution in [2.45, 2.75) is 6.92 Å². The molecule has 2 aromatic rings. The molecule has 0 heterocycles. The molecule has 0 atom stereocenters. The normalized spacial score (nSPS) is 10.2. The molecule has 108 valence electrons. The smallest absolute Gasteiger partial charge is 0.335 e. The molecule has 0 unspecified atom stereocenters. The van der Waals surface area contributed by atoms with Crippen molar-refractivity contribution < 1.29 is 24.0 Å². The summed E-state index contributed by atoms with van der Waals surface area (Å²) in [5, 5.41) is 19.7. The number of hydrogen-bond acceptors (Lipinski definition) is 4. The van der Waals surface area contributed by atoms with Crippen LogP contribution in [0.2, 0.25) is 0 Å². The molecule has 7 heteroatoms. The molecule has 21 heavy (non-hydrogen) atoms. The maximum absolute atomic E-state index is 13.0. The Morgan fingerprint density at radius 3 is 2.48 bits per heavy atom. The Hall–Kier alpha value is -2.96. The molecule has 2 aromatic carbocycles. The van der Waals surface area contributed by atoms with E-state index in [-0.39, 0.29) is 17.1 Å². The van der Waals surface area contributed by atoms with E-state index in [9.17, 15) is 19.3 Å². The van der Waals surface area contributed by atoms with Crippen molar-refractivity contribution >= 4 is 11.7 Å². The first-order chi connectivity index (χ1) is 9.88. The number of rotatable bonds is 4. The molecule has 0 saturated carbocycles. The van der Waals surface area contributed by atoms with Gasteiger partial charge in [-0.25, -0.2) is 9.18 Å². The van der Waals surface area contributed by atoms with Crippen LogP contribution in [-0.4, -0.2) is 16.0 Å². The summed E-state index contributed by atoms with van der Waals surface area (Å²) >= 11 is 0. The van der Waals surface area contributed by atoms with Crippen LogP contribution in [0.3, 0.4) is 0 Å². The first kappa shape index (κ1) is 14.4. The summed E-state index contributed by atoms with van der Waals surface area (Å²) in [6.45, 7) is 1.61. The summed E-state index contributed by atoms with van der Waals surface area (Å²) in [4.78, 5) is 21.0. The van der Waals surface area contributed by atoms with Gasteiger partial charge in [0.05, 0.1) is 16.6 Å². The highest BCUT2D eigenvalue weighted by molar-refractivity contribution is 5.88. The van der Waals surface area contributed by atoms with Crippen molar-refractivity contribution in [1.82, 2.24) is 0 Å². The Kier molecular flexibility index (Phi) is 3.84. The third-order valence-corrected chi connectivity index (χ3v) is 2.76. The minimum atomic E-state index is -1.09. The van der Waals surface area contributed by atoms with Crippen LogP contribution in [0, 0.1) is 22.9 Å². The quantitative estimate of drug-likeness (QED) is 0.687. The number of ether oxygens (including phenoxy) is 1. The van der Waals surface area contributed by atoms with Crippen molar-refractivity contribution in [2.24, 2.45) is 0 Å². The third kappa shape index (κ3) is 3.14. The zero-order valence-electron chi connectivity index (χ0n) is 10.9. The van der Waals surface area contributed by atoms with Crippen LogP contribution in [0.5, 0.6) is 11.5 Å². The molecule has 0 aliphatic carbocycles. The Bertz CT molecular complexity index is 729. The number of nitro benzene ring substituents is 1. The van der Waals surface area contributed by atoms with Crippen molar-refractivity contribution in [2.75, 3.05) is 0 Å². The van der Waals surface area contributed by atoms with Gasteiger partial charge in [-0.15, -0.1) is 0 Å². The van der Waals surface area contributed by atoms with Crippen LogP contribution in [0.15, 0.2) is 36.4 Å². The predicted octanol–water partition coefficient (Wildman–Crippen LogP) is 3.53. The van der Waals surface area contributed by atoms with Crippen molar-refractivity contribution in [3.63, 3.8) is 0 Å².